The maximum Gasteiger partial charge on any atom is 0.303 e. The van der Waals surface area contributed by atoms with E-state index in [-0.39, 0.29) is 5.97 Å². The molecule has 0 radical (unpaired) electrons. The van der Waals surface area contributed by atoms with E-state index in [1.54, 1.807) is 4.90 Å². The van der Waals surface area contributed by atoms with Gasteiger partial charge in [-0.05, 0) is 31.2 Å². The van der Waals surface area contributed by atoms with Gasteiger partial charge in [-0.25, -0.2) is 0 Å². The average molecular weight is 316 g/mol. The van der Waals surface area contributed by atoms with E-state index in [0.717, 1.165) is 31.1 Å². The molecule has 0 spiro atoms. The third-order valence-electron chi connectivity index (χ3n) is 5.95. The van der Waals surface area contributed by atoms with Gasteiger partial charge >= 0.3 is 5.97 Å². The quantitative estimate of drug-likeness (QED) is 0.869. The second-order valence-corrected chi connectivity index (χ2v) is 7.45. The number of hydrogen-bond acceptors (Lipinski definition) is 2. The first kappa shape index (κ1) is 16.5. The molecule has 1 N–H and O–H groups in total. The lowest BCUT2D eigenvalue weighted by Crippen LogP contribution is -3.18. The summed E-state index contributed by atoms with van der Waals surface area (Å²) in [5.74, 6) is 0.182. The van der Waals surface area contributed by atoms with Crippen LogP contribution in [-0.4, -0.2) is 25.1 Å². The van der Waals surface area contributed by atoms with E-state index in [9.17, 15) is 4.79 Å². The normalized spacial score (nSPS) is 32.4. The van der Waals surface area contributed by atoms with Gasteiger partial charge in [-0.15, -0.1) is 0 Å². The van der Waals surface area contributed by atoms with Crippen LogP contribution in [0.1, 0.15) is 57.9 Å². The zero-order valence-corrected chi connectivity index (χ0v) is 14.5. The van der Waals surface area contributed by atoms with Crippen LogP contribution >= 0.6 is 0 Å². The summed E-state index contributed by atoms with van der Waals surface area (Å²) in [6.45, 7) is 6.01. The van der Waals surface area contributed by atoms with Crippen LogP contribution in [0, 0.1) is 5.92 Å². The van der Waals surface area contributed by atoms with E-state index < -0.39 is 5.60 Å². The fourth-order valence-corrected chi connectivity index (χ4v) is 4.75. The Bertz CT molecular complexity index is 524. The zero-order chi connectivity index (χ0) is 16.3. The molecule has 1 aliphatic heterocycles. The standard InChI is InChI=1S/C20H29NO2/c1-16-15-21(19-11-7-4-8-12-19)14-13-20(16,23-17(2)22)18-9-5-3-6-10-18/h3,5-6,9-10,16,19H,4,7-8,11-15H2,1-2H3/p+1/t16-,20-/m1/s1. The number of benzene rings is 1. The van der Waals surface area contributed by atoms with Gasteiger partial charge in [0.25, 0.3) is 0 Å². The fraction of sp³-hybridized carbons (Fsp3) is 0.650. The first-order chi connectivity index (χ1) is 11.1. The Kier molecular flexibility index (Phi) is 5.05. The van der Waals surface area contributed by atoms with Gasteiger partial charge in [0, 0.05) is 19.3 Å². The smallest absolute Gasteiger partial charge is 0.303 e. The summed E-state index contributed by atoms with van der Waals surface area (Å²) in [6.07, 6.45) is 7.85. The minimum absolute atomic E-state index is 0.165. The molecule has 1 aliphatic carbocycles. The molecule has 0 aromatic heterocycles. The van der Waals surface area contributed by atoms with Crippen LogP contribution in [0.15, 0.2) is 30.3 Å². The highest BCUT2D eigenvalue weighted by Crippen LogP contribution is 2.38. The van der Waals surface area contributed by atoms with Crippen LogP contribution in [0.25, 0.3) is 0 Å². The predicted molar refractivity (Wildman–Crippen MR) is 91.2 cm³/mol. The van der Waals surface area contributed by atoms with Gasteiger partial charge in [0.15, 0.2) is 5.60 Å². The Morgan fingerprint density at radius 2 is 1.87 bits per heavy atom. The number of ether oxygens (including phenoxy) is 1. The first-order valence-corrected chi connectivity index (χ1v) is 9.21. The van der Waals surface area contributed by atoms with Crippen molar-refractivity contribution in [3.63, 3.8) is 0 Å². The van der Waals surface area contributed by atoms with Gasteiger partial charge in [-0.1, -0.05) is 43.7 Å². The number of rotatable bonds is 3. The Morgan fingerprint density at radius 3 is 2.48 bits per heavy atom. The molecule has 1 aromatic rings. The van der Waals surface area contributed by atoms with E-state index in [1.165, 1.54) is 39.0 Å². The summed E-state index contributed by atoms with van der Waals surface area (Å²) in [5.41, 5.74) is 0.719. The Balaban J connectivity index is 1.80. The summed E-state index contributed by atoms with van der Waals surface area (Å²) in [7, 11) is 0. The van der Waals surface area contributed by atoms with Crippen LogP contribution in [-0.2, 0) is 15.1 Å². The van der Waals surface area contributed by atoms with Crippen molar-refractivity contribution < 1.29 is 14.4 Å². The van der Waals surface area contributed by atoms with Crippen LogP contribution < -0.4 is 4.90 Å². The highest BCUT2D eigenvalue weighted by Gasteiger charge is 2.48. The van der Waals surface area contributed by atoms with E-state index in [4.69, 9.17) is 4.74 Å². The third kappa shape index (κ3) is 3.45. The molecular formula is C20H30NO2+. The predicted octanol–water partition coefficient (Wildman–Crippen LogP) is 2.70. The van der Waals surface area contributed by atoms with E-state index in [0.29, 0.717) is 5.92 Å². The summed E-state index contributed by atoms with van der Waals surface area (Å²) >= 11 is 0. The molecule has 1 aromatic carbocycles. The van der Waals surface area contributed by atoms with Gasteiger partial charge < -0.3 is 9.64 Å². The van der Waals surface area contributed by atoms with E-state index in [1.807, 2.05) is 18.2 Å². The van der Waals surface area contributed by atoms with Crippen LogP contribution in [0.2, 0.25) is 0 Å². The summed E-state index contributed by atoms with van der Waals surface area (Å²) in [4.78, 5) is 13.5. The summed E-state index contributed by atoms with van der Waals surface area (Å²) in [6, 6.07) is 11.2. The lowest BCUT2D eigenvalue weighted by Gasteiger charge is -2.46. The van der Waals surface area contributed by atoms with Gasteiger partial charge in [0.05, 0.1) is 19.1 Å². The van der Waals surface area contributed by atoms with E-state index >= 15 is 0 Å². The highest BCUT2D eigenvalue weighted by molar-refractivity contribution is 5.67. The number of carbonyl (C=O) groups is 1. The van der Waals surface area contributed by atoms with Crippen LogP contribution in [0.3, 0.4) is 0 Å². The molecule has 1 saturated heterocycles. The minimum Gasteiger partial charge on any atom is -0.454 e. The lowest BCUT2D eigenvalue weighted by atomic mass is 9.75. The molecule has 0 bridgehead atoms. The summed E-state index contributed by atoms with van der Waals surface area (Å²) < 4.78 is 5.96. The van der Waals surface area contributed by atoms with Gasteiger partial charge in [0.1, 0.15) is 0 Å². The number of hydrogen-bond donors (Lipinski definition) is 1. The number of carbonyl (C=O) groups excluding carboxylic acids is 1. The van der Waals surface area contributed by atoms with Crippen molar-refractivity contribution >= 4 is 5.97 Å². The van der Waals surface area contributed by atoms with Crippen LogP contribution in [0.4, 0.5) is 0 Å². The van der Waals surface area contributed by atoms with Crippen molar-refractivity contribution in [3.8, 4) is 0 Å². The topological polar surface area (TPSA) is 30.7 Å². The molecule has 1 saturated carbocycles. The molecule has 3 rings (SSSR count). The molecule has 0 amide bonds. The zero-order valence-electron chi connectivity index (χ0n) is 14.5. The second kappa shape index (κ2) is 7.04. The number of piperidine rings is 1. The SMILES string of the molecule is CC(=O)O[C@]1(c2ccccc2)CC[NH+](C2CCCCC2)C[C@H]1C. The fourth-order valence-electron chi connectivity index (χ4n) is 4.75. The van der Waals surface area contributed by atoms with Crippen molar-refractivity contribution in [2.45, 2.75) is 64.0 Å². The molecule has 1 heterocycles. The summed E-state index contributed by atoms with van der Waals surface area (Å²) in [5, 5.41) is 0. The molecule has 3 atom stereocenters. The molecular weight excluding hydrogens is 286 g/mol. The Labute approximate surface area is 140 Å². The third-order valence-corrected chi connectivity index (χ3v) is 5.95. The number of quaternary nitrogens is 1. The maximum absolute atomic E-state index is 11.8. The van der Waals surface area contributed by atoms with Crippen molar-refractivity contribution in [1.29, 1.82) is 0 Å². The van der Waals surface area contributed by atoms with Gasteiger partial charge in [-0.3, -0.25) is 4.79 Å². The Morgan fingerprint density at radius 1 is 1.17 bits per heavy atom. The monoisotopic (exact) mass is 316 g/mol. The van der Waals surface area contributed by atoms with Gasteiger partial charge in [-0.2, -0.15) is 0 Å². The molecule has 3 nitrogen and oxygen atoms in total. The molecule has 23 heavy (non-hydrogen) atoms. The highest BCUT2D eigenvalue weighted by atomic mass is 16.6. The maximum atomic E-state index is 11.8. The minimum atomic E-state index is -0.439. The van der Waals surface area contributed by atoms with Crippen LogP contribution in [0.5, 0.6) is 0 Å². The number of likely N-dealkylation sites (tertiary alicyclic amines) is 1. The van der Waals surface area contributed by atoms with E-state index in [2.05, 4.69) is 19.1 Å². The lowest BCUT2D eigenvalue weighted by molar-refractivity contribution is -0.937. The first-order valence-electron chi connectivity index (χ1n) is 9.21. The number of esters is 1. The second-order valence-electron chi connectivity index (χ2n) is 7.45. The number of nitrogens with one attached hydrogen (secondary N) is 1. The molecule has 2 fully saturated rings. The van der Waals surface area contributed by atoms with Crippen molar-refractivity contribution in [3.05, 3.63) is 35.9 Å². The molecule has 3 heteroatoms. The molecule has 1 unspecified atom stereocenters. The largest absolute Gasteiger partial charge is 0.454 e. The Hall–Kier alpha value is -1.35. The average Bonchev–Trinajstić information content (AvgIpc) is 2.58. The van der Waals surface area contributed by atoms with Crippen molar-refractivity contribution in [2.75, 3.05) is 13.1 Å². The molecule has 126 valence electrons. The van der Waals surface area contributed by atoms with Crippen molar-refractivity contribution in [1.82, 2.24) is 0 Å². The van der Waals surface area contributed by atoms with Crippen molar-refractivity contribution in [2.24, 2.45) is 5.92 Å². The van der Waals surface area contributed by atoms with Gasteiger partial charge in [0.2, 0.25) is 0 Å². The molecule has 2 aliphatic rings.